The van der Waals surface area contributed by atoms with Crippen molar-refractivity contribution < 1.29 is 19.2 Å². The van der Waals surface area contributed by atoms with Gasteiger partial charge < -0.3 is 31.1 Å². The summed E-state index contributed by atoms with van der Waals surface area (Å²) < 4.78 is 0. The van der Waals surface area contributed by atoms with Crippen LogP contribution in [0.4, 0.5) is 4.79 Å². The Labute approximate surface area is 266 Å². The number of nitrogens with zero attached hydrogens (tertiary/aromatic N) is 2. The van der Waals surface area contributed by atoms with Crippen molar-refractivity contribution in [1.29, 1.82) is 0 Å². The van der Waals surface area contributed by atoms with Crippen LogP contribution in [0.15, 0.2) is 17.5 Å². The fraction of sp³-hybridized carbons (Fsp3) is 0.758. The van der Waals surface area contributed by atoms with Gasteiger partial charge in [-0.2, -0.15) is 0 Å². The first kappa shape index (κ1) is 32.7. The zero-order valence-electron chi connectivity index (χ0n) is 26.4. The third-order valence-corrected chi connectivity index (χ3v) is 11.2. The molecule has 5 rings (SSSR count). The average Bonchev–Trinajstić information content (AvgIpc) is 3.56. The van der Waals surface area contributed by atoms with E-state index in [0.29, 0.717) is 43.9 Å². The molecule has 4 N–H and O–H groups in total. The Hall–Kier alpha value is -2.66. The summed E-state index contributed by atoms with van der Waals surface area (Å²) >= 11 is 1.60. The van der Waals surface area contributed by atoms with Gasteiger partial charge in [-0.3, -0.25) is 14.4 Å². The zero-order chi connectivity index (χ0) is 30.9. The molecule has 3 atom stereocenters. The SMILES string of the molecule is CC(=O)NCCCC[C@@H](NC1CCCCC1)C(=O)N1CC[C@@H](NC(=O)N2CCC3(CC2)CC3)[C@@H](C(=O)NCc2cccs2)C1. The third kappa shape index (κ3) is 9.19. The van der Waals surface area contributed by atoms with Crippen LogP contribution in [-0.4, -0.2) is 84.4 Å². The number of hydrogen-bond donors (Lipinski definition) is 4. The molecular formula is C33H52N6O4S. The molecule has 44 heavy (non-hydrogen) atoms. The first-order valence-electron chi connectivity index (χ1n) is 17.0. The molecular weight excluding hydrogens is 576 g/mol. The predicted octanol–water partition coefficient (Wildman–Crippen LogP) is 3.76. The highest BCUT2D eigenvalue weighted by atomic mass is 32.1. The molecule has 0 radical (unpaired) electrons. The lowest BCUT2D eigenvalue weighted by Gasteiger charge is -2.41. The lowest BCUT2D eigenvalue weighted by atomic mass is 9.89. The molecule has 2 saturated carbocycles. The maximum atomic E-state index is 14.1. The number of rotatable bonds is 12. The van der Waals surface area contributed by atoms with Gasteiger partial charge in [-0.05, 0) is 81.1 Å². The Balaban J connectivity index is 1.22. The third-order valence-electron chi connectivity index (χ3n) is 10.3. The highest BCUT2D eigenvalue weighted by Crippen LogP contribution is 2.53. The first-order valence-corrected chi connectivity index (χ1v) is 17.8. The number of likely N-dealkylation sites (tertiary alicyclic amines) is 2. The van der Waals surface area contributed by atoms with E-state index < -0.39 is 5.92 Å². The minimum absolute atomic E-state index is 0.0385. The lowest BCUT2D eigenvalue weighted by Crippen LogP contribution is -2.61. The molecule has 2 aliphatic carbocycles. The fourth-order valence-electron chi connectivity index (χ4n) is 7.21. The van der Waals surface area contributed by atoms with Gasteiger partial charge in [0.1, 0.15) is 0 Å². The van der Waals surface area contributed by atoms with Gasteiger partial charge in [0.25, 0.3) is 0 Å². The number of unbranched alkanes of at least 4 members (excludes halogenated alkanes) is 1. The minimum atomic E-state index is -0.522. The van der Waals surface area contributed by atoms with Gasteiger partial charge in [0, 0.05) is 56.6 Å². The summed E-state index contributed by atoms with van der Waals surface area (Å²) in [5, 5.41) is 14.8. The number of carbonyl (C=O) groups excluding carboxylic acids is 4. The van der Waals surface area contributed by atoms with E-state index in [4.69, 9.17) is 0 Å². The Kier molecular flexibility index (Phi) is 11.6. The van der Waals surface area contributed by atoms with Crippen LogP contribution in [0.1, 0.15) is 95.3 Å². The summed E-state index contributed by atoms with van der Waals surface area (Å²) in [6.07, 6.45) is 13.3. The average molecular weight is 629 g/mol. The zero-order valence-corrected chi connectivity index (χ0v) is 27.2. The first-order chi connectivity index (χ1) is 21.3. The molecule has 0 unspecified atom stereocenters. The number of piperidine rings is 2. The Morgan fingerprint density at radius 1 is 0.955 bits per heavy atom. The van der Waals surface area contributed by atoms with Crippen molar-refractivity contribution in [1.82, 2.24) is 31.1 Å². The van der Waals surface area contributed by atoms with Crippen molar-refractivity contribution in [2.45, 2.75) is 115 Å². The van der Waals surface area contributed by atoms with Crippen molar-refractivity contribution in [2.24, 2.45) is 11.3 Å². The summed E-state index contributed by atoms with van der Waals surface area (Å²) in [4.78, 5) is 57.2. The van der Waals surface area contributed by atoms with Gasteiger partial charge in [0.2, 0.25) is 17.7 Å². The van der Waals surface area contributed by atoms with E-state index in [-0.39, 0.29) is 42.4 Å². The van der Waals surface area contributed by atoms with Crippen LogP contribution in [-0.2, 0) is 20.9 Å². The summed E-state index contributed by atoms with van der Waals surface area (Å²) in [6, 6.07) is 3.56. The van der Waals surface area contributed by atoms with Crippen molar-refractivity contribution in [3.8, 4) is 0 Å². The predicted molar refractivity (Wildman–Crippen MR) is 172 cm³/mol. The lowest BCUT2D eigenvalue weighted by molar-refractivity contribution is -0.138. The van der Waals surface area contributed by atoms with Crippen molar-refractivity contribution >= 4 is 35.1 Å². The second kappa shape index (κ2) is 15.6. The topological polar surface area (TPSA) is 123 Å². The maximum Gasteiger partial charge on any atom is 0.317 e. The highest BCUT2D eigenvalue weighted by Gasteiger charge is 2.46. The molecule has 4 aliphatic rings. The van der Waals surface area contributed by atoms with E-state index in [1.165, 1.54) is 39.0 Å². The van der Waals surface area contributed by atoms with Gasteiger partial charge in [-0.15, -0.1) is 11.3 Å². The van der Waals surface area contributed by atoms with Crippen LogP contribution in [0, 0.1) is 11.3 Å². The van der Waals surface area contributed by atoms with E-state index in [1.54, 1.807) is 11.3 Å². The van der Waals surface area contributed by atoms with Gasteiger partial charge in [-0.25, -0.2) is 4.79 Å². The molecule has 0 aromatic carbocycles. The second-order valence-corrected chi connectivity index (χ2v) is 14.6. The second-order valence-electron chi connectivity index (χ2n) is 13.6. The molecule has 1 aromatic heterocycles. The van der Waals surface area contributed by atoms with Crippen LogP contribution in [0.3, 0.4) is 0 Å². The smallest absolute Gasteiger partial charge is 0.317 e. The normalized spacial score (nSPS) is 24.0. The number of nitrogens with one attached hydrogen (secondary N) is 4. The molecule has 1 spiro atoms. The molecule has 11 heteroatoms. The summed E-state index contributed by atoms with van der Waals surface area (Å²) in [5.41, 5.74) is 0.485. The van der Waals surface area contributed by atoms with Gasteiger partial charge in [-0.1, -0.05) is 25.3 Å². The number of hydrogen-bond acceptors (Lipinski definition) is 6. The Morgan fingerprint density at radius 2 is 1.73 bits per heavy atom. The van der Waals surface area contributed by atoms with E-state index >= 15 is 0 Å². The van der Waals surface area contributed by atoms with Gasteiger partial charge >= 0.3 is 6.03 Å². The molecule has 4 fully saturated rings. The number of urea groups is 1. The van der Waals surface area contributed by atoms with Crippen LogP contribution in [0.5, 0.6) is 0 Å². The molecule has 244 valence electrons. The molecule has 1 aromatic rings. The highest BCUT2D eigenvalue weighted by molar-refractivity contribution is 7.09. The van der Waals surface area contributed by atoms with Crippen LogP contribution in [0.2, 0.25) is 0 Å². The molecule has 10 nitrogen and oxygen atoms in total. The van der Waals surface area contributed by atoms with E-state index in [0.717, 1.165) is 56.5 Å². The molecule has 5 amide bonds. The number of thiophene rings is 1. The van der Waals surface area contributed by atoms with Gasteiger partial charge in [0.05, 0.1) is 18.5 Å². The van der Waals surface area contributed by atoms with E-state index in [9.17, 15) is 19.2 Å². The van der Waals surface area contributed by atoms with Crippen LogP contribution < -0.4 is 21.3 Å². The number of carbonyl (C=O) groups is 4. The molecule has 0 bridgehead atoms. The Morgan fingerprint density at radius 3 is 2.41 bits per heavy atom. The van der Waals surface area contributed by atoms with Crippen LogP contribution in [0.25, 0.3) is 0 Å². The maximum absolute atomic E-state index is 14.1. The molecule has 2 aliphatic heterocycles. The molecule has 2 saturated heterocycles. The Bertz CT molecular complexity index is 1110. The fourth-order valence-corrected chi connectivity index (χ4v) is 7.85. The van der Waals surface area contributed by atoms with E-state index in [2.05, 4.69) is 21.3 Å². The van der Waals surface area contributed by atoms with Crippen molar-refractivity contribution in [2.75, 3.05) is 32.7 Å². The molecule has 3 heterocycles. The monoisotopic (exact) mass is 628 g/mol. The minimum Gasteiger partial charge on any atom is -0.356 e. The largest absolute Gasteiger partial charge is 0.356 e. The van der Waals surface area contributed by atoms with Crippen LogP contribution >= 0.6 is 11.3 Å². The summed E-state index contributed by atoms with van der Waals surface area (Å²) in [7, 11) is 0. The van der Waals surface area contributed by atoms with E-state index in [1.807, 2.05) is 27.3 Å². The standard InChI is InChI=1S/C33H52N6O4S/c1-24(40)34-17-6-5-11-29(36-25-8-3-2-4-9-25)31(42)39-18-12-28(27(23-39)30(41)35-22-26-10-7-21-44-26)37-32(43)38-19-15-33(13-14-33)16-20-38/h7,10,21,25,27-29,36H,2-6,8-9,11-20,22-23H2,1H3,(H,34,40)(H,35,41)(H,37,43)/t27-,28+,29+/m0/s1. The summed E-state index contributed by atoms with van der Waals surface area (Å²) in [6.45, 7) is 4.91. The quantitative estimate of drug-likeness (QED) is 0.263. The van der Waals surface area contributed by atoms with Gasteiger partial charge in [0.15, 0.2) is 0 Å². The summed E-state index contributed by atoms with van der Waals surface area (Å²) in [5.74, 6) is -0.639. The van der Waals surface area contributed by atoms with Crippen molar-refractivity contribution in [3.63, 3.8) is 0 Å². The number of amides is 5. The van der Waals surface area contributed by atoms with Crippen molar-refractivity contribution in [3.05, 3.63) is 22.4 Å².